The SMILES string of the molecule is O=C1NCCCc2ccc(C(=O)C3CCCCN3)cc21. The molecular weight excluding hydrogens is 252 g/mol. The highest BCUT2D eigenvalue weighted by Crippen LogP contribution is 2.19. The van der Waals surface area contributed by atoms with Crippen molar-refractivity contribution in [2.45, 2.75) is 38.1 Å². The van der Waals surface area contributed by atoms with Gasteiger partial charge in [0.25, 0.3) is 5.91 Å². The zero-order chi connectivity index (χ0) is 13.9. The van der Waals surface area contributed by atoms with Gasteiger partial charge in [0.2, 0.25) is 0 Å². The first-order valence-electron chi connectivity index (χ1n) is 7.44. The minimum atomic E-state index is -0.0874. The highest BCUT2D eigenvalue weighted by atomic mass is 16.1. The van der Waals surface area contributed by atoms with Gasteiger partial charge in [-0.25, -0.2) is 0 Å². The van der Waals surface area contributed by atoms with E-state index in [1.807, 2.05) is 12.1 Å². The van der Waals surface area contributed by atoms with Crippen molar-refractivity contribution in [3.8, 4) is 0 Å². The fourth-order valence-corrected chi connectivity index (χ4v) is 3.01. The lowest BCUT2D eigenvalue weighted by molar-refractivity contribution is 0.0927. The van der Waals surface area contributed by atoms with E-state index in [2.05, 4.69) is 10.6 Å². The molecule has 0 bridgehead atoms. The van der Waals surface area contributed by atoms with E-state index in [0.29, 0.717) is 17.7 Å². The molecule has 1 amide bonds. The van der Waals surface area contributed by atoms with E-state index in [4.69, 9.17) is 0 Å². The number of Topliss-reactive ketones (excluding diaryl/α,β-unsaturated/α-hetero) is 1. The zero-order valence-electron chi connectivity index (χ0n) is 11.6. The highest BCUT2D eigenvalue weighted by Gasteiger charge is 2.24. The molecule has 2 N–H and O–H groups in total. The number of nitrogens with one attached hydrogen (secondary N) is 2. The van der Waals surface area contributed by atoms with Crippen LogP contribution in [0.15, 0.2) is 18.2 Å². The summed E-state index contributed by atoms with van der Waals surface area (Å²) >= 11 is 0. The summed E-state index contributed by atoms with van der Waals surface area (Å²) in [5, 5.41) is 6.15. The van der Waals surface area contributed by atoms with Crippen LogP contribution in [0.3, 0.4) is 0 Å². The summed E-state index contributed by atoms with van der Waals surface area (Å²) < 4.78 is 0. The number of rotatable bonds is 2. The second-order valence-corrected chi connectivity index (χ2v) is 5.60. The Hall–Kier alpha value is -1.68. The van der Waals surface area contributed by atoms with Crippen molar-refractivity contribution in [1.29, 1.82) is 0 Å². The molecular formula is C16H20N2O2. The molecule has 1 fully saturated rings. The third-order valence-electron chi connectivity index (χ3n) is 4.17. The predicted octanol–water partition coefficient (Wildman–Crippen LogP) is 1.69. The second kappa shape index (κ2) is 5.75. The molecule has 1 aromatic rings. The van der Waals surface area contributed by atoms with Crippen LogP contribution in [0.4, 0.5) is 0 Å². The average molecular weight is 272 g/mol. The van der Waals surface area contributed by atoms with Crippen LogP contribution in [0.25, 0.3) is 0 Å². The Bertz CT molecular complexity index is 533. The first-order valence-corrected chi connectivity index (χ1v) is 7.44. The molecule has 4 heteroatoms. The number of aryl methyl sites for hydroxylation is 1. The van der Waals surface area contributed by atoms with E-state index in [-0.39, 0.29) is 17.7 Å². The highest BCUT2D eigenvalue weighted by molar-refractivity contribution is 6.03. The fourth-order valence-electron chi connectivity index (χ4n) is 3.01. The summed E-state index contributed by atoms with van der Waals surface area (Å²) in [7, 11) is 0. The summed E-state index contributed by atoms with van der Waals surface area (Å²) in [6, 6.07) is 5.50. The van der Waals surface area contributed by atoms with E-state index in [0.717, 1.165) is 44.2 Å². The molecule has 0 radical (unpaired) electrons. The molecule has 1 aromatic carbocycles. The molecule has 2 heterocycles. The number of piperidine rings is 1. The van der Waals surface area contributed by atoms with Gasteiger partial charge in [-0.05, 0) is 43.9 Å². The number of amides is 1. The van der Waals surface area contributed by atoms with E-state index < -0.39 is 0 Å². The first kappa shape index (κ1) is 13.3. The largest absolute Gasteiger partial charge is 0.352 e. The maximum absolute atomic E-state index is 12.5. The van der Waals surface area contributed by atoms with Crippen molar-refractivity contribution in [3.63, 3.8) is 0 Å². The van der Waals surface area contributed by atoms with E-state index in [9.17, 15) is 9.59 Å². The summed E-state index contributed by atoms with van der Waals surface area (Å²) in [5.41, 5.74) is 2.37. The van der Waals surface area contributed by atoms with Gasteiger partial charge in [-0.1, -0.05) is 18.6 Å². The Kier molecular flexibility index (Phi) is 3.83. The van der Waals surface area contributed by atoms with Crippen LogP contribution in [0.2, 0.25) is 0 Å². The summed E-state index contributed by atoms with van der Waals surface area (Å²) in [4.78, 5) is 24.5. The fraction of sp³-hybridized carbons (Fsp3) is 0.500. The van der Waals surface area contributed by atoms with Crippen molar-refractivity contribution >= 4 is 11.7 Å². The van der Waals surface area contributed by atoms with Crippen LogP contribution in [0, 0.1) is 0 Å². The molecule has 1 atom stereocenters. The van der Waals surface area contributed by atoms with Crippen molar-refractivity contribution in [1.82, 2.24) is 10.6 Å². The van der Waals surface area contributed by atoms with E-state index in [1.165, 1.54) is 0 Å². The number of fused-ring (bicyclic) bond motifs is 1. The van der Waals surface area contributed by atoms with Crippen molar-refractivity contribution in [3.05, 3.63) is 34.9 Å². The minimum absolute atomic E-state index is 0.0521. The molecule has 0 aliphatic carbocycles. The zero-order valence-corrected chi connectivity index (χ0v) is 11.6. The van der Waals surface area contributed by atoms with Gasteiger partial charge in [-0.3, -0.25) is 9.59 Å². The van der Waals surface area contributed by atoms with Crippen LogP contribution in [-0.2, 0) is 6.42 Å². The second-order valence-electron chi connectivity index (χ2n) is 5.60. The lowest BCUT2D eigenvalue weighted by Gasteiger charge is -2.22. The summed E-state index contributed by atoms with van der Waals surface area (Å²) in [6.07, 6.45) is 4.97. The number of carbonyl (C=O) groups excluding carboxylic acids is 2. The summed E-state index contributed by atoms with van der Waals surface area (Å²) in [5.74, 6) is 0.0632. The van der Waals surface area contributed by atoms with E-state index >= 15 is 0 Å². The molecule has 2 aliphatic rings. The molecule has 0 aromatic heterocycles. The third kappa shape index (κ3) is 2.61. The van der Waals surface area contributed by atoms with Crippen LogP contribution in [0.5, 0.6) is 0 Å². The Morgan fingerprint density at radius 2 is 2.05 bits per heavy atom. The number of hydrogen-bond donors (Lipinski definition) is 2. The normalized spacial score (nSPS) is 22.6. The molecule has 0 spiro atoms. The molecule has 4 nitrogen and oxygen atoms in total. The van der Waals surface area contributed by atoms with Crippen molar-refractivity contribution in [2.24, 2.45) is 0 Å². The van der Waals surface area contributed by atoms with E-state index in [1.54, 1.807) is 6.07 Å². The van der Waals surface area contributed by atoms with Gasteiger partial charge in [-0.15, -0.1) is 0 Å². The van der Waals surface area contributed by atoms with Gasteiger partial charge >= 0.3 is 0 Å². The quantitative estimate of drug-likeness (QED) is 0.805. The van der Waals surface area contributed by atoms with Gasteiger partial charge in [0.1, 0.15) is 0 Å². The van der Waals surface area contributed by atoms with Crippen LogP contribution in [0.1, 0.15) is 52.0 Å². The van der Waals surface area contributed by atoms with Crippen LogP contribution < -0.4 is 10.6 Å². The average Bonchev–Trinajstić information content (AvgIpc) is 2.69. The molecule has 106 valence electrons. The molecule has 20 heavy (non-hydrogen) atoms. The number of ketones is 1. The smallest absolute Gasteiger partial charge is 0.251 e. The van der Waals surface area contributed by atoms with Gasteiger partial charge in [-0.2, -0.15) is 0 Å². The van der Waals surface area contributed by atoms with Gasteiger partial charge in [0.05, 0.1) is 6.04 Å². The maximum Gasteiger partial charge on any atom is 0.251 e. The molecule has 3 rings (SSSR count). The van der Waals surface area contributed by atoms with Crippen LogP contribution >= 0.6 is 0 Å². The standard InChI is InChI=1S/C16H20N2O2/c19-15(14-5-1-2-8-17-14)12-7-6-11-4-3-9-18-16(20)13(11)10-12/h6-7,10,14,17H,1-5,8-9H2,(H,18,20). The Morgan fingerprint density at radius 3 is 2.85 bits per heavy atom. The Labute approximate surface area is 118 Å². The lowest BCUT2D eigenvalue weighted by atomic mass is 9.93. The van der Waals surface area contributed by atoms with Crippen LogP contribution in [-0.4, -0.2) is 30.8 Å². The molecule has 1 unspecified atom stereocenters. The first-order chi connectivity index (χ1) is 9.75. The molecule has 0 saturated carbocycles. The van der Waals surface area contributed by atoms with Gasteiger partial charge in [0.15, 0.2) is 5.78 Å². The topological polar surface area (TPSA) is 58.2 Å². The Morgan fingerprint density at radius 1 is 1.15 bits per heavy atom. The minimum Gasteiger partial charge on any atom is -0.352 e. The third-order valence-corrected chi connectivity index (χ3v) is 4.17. The van der Waals surface area contributed by atoms with Crippen molar-refractivity contribution in [2.75, 3.05) is 13.1 Å². The van der Waals surface area contributed by atoms with Crippen molar-refractivity contribution < 1.29 is 9.59 Å². The monoisotopic (exact) mass is 272 g/mol. The van der Waals surface area contributed by atoms with Gasteiger partial charge < -0.3 is 10.6 Å². The van der Waals surface area contributed by atoms with Gasteiger partial charge in [0, 0.05) is 17.7 Å². The number of benzene rings is 1. The lowest BCUT2D eigenvalue weighted by Crippen LogP contribution is -2.40. The number of carbonyl (C=O) groups is 2. The Balaban J connectivity index is 1.87. The predicted molar refractivity (Wildman–Crippen MR) is 77.1 cm³/mol. The molecule has 1 saturated heterocycles. The maximum atomic E-state index is 12.5. The summed E-state index contributed by atoms with van der Waals surface area (Å²) in [6.45, 7) is 1.61. The number of hydrogen-bond acceptors (Lipinski definition) is 3. The molecule has 2 aliphatic heterocycles.